The largest absolute Gasteiger partial charge is 0.480 e. The minimum absolute atomic E-state index is 0.0104. The van der Waals surface area contributed by atoms with Gasteiger partial charge in [-0.1, -0.05) is 0 Å². The lowest BCUT2D eigenvalue weighted by Crippen LogP contribution is -2.38. The summed E-state index contributed by atoms with van der Waals surface area (Å²) in [6, 6.07) is 3.03. The first kappa shape index (κ1) is 16.7. The fraction of sp³-hybridized carbons (Fsp3) is 0.533. The van der Waals surface area contributed by atoms with Gasteiger partial charge in [-0.25, -0.2) is 13.4 Å². The molecular formula is C15H19N3O5S. The van der Waals surface area contributed by atoms with Crippen LogP contribution in [0.3, 0.4) is 0 Å². The Morgan fingerprint density at radius 1 is 1.46 bits per heavy atom. The van der Waals surface area contributed by atoms with Crippen LogP contribution in [0.5, 0.6) is 5.88 Å². The Morgan fingerprint density at radius 3 is 2.92 bits per heavy atom. The van der Waals surface area contributed by atoms with Gasteiger partial charge in [-0.2, -0.15) is 0 Å². The monoisotopic (exact) mass is 353 g/mol. The van der Waals surface area contributed by atoms with Crippen LogP contribution in [-0.2, 0) is 19.4 Å². The Balaban J connectivity index is 1.66. The molecule has 2 atom stereocenters. The third-order valence-corrected chi connectivity index (χ3v) is 6.15. The number of nitrogens with one attached hydrogen (secondary N) is 1. The third-order valence-electron chi connectivity index (χ3n) is 4.40. The maximum atomic E-state index is 12.4. The minimum Gasteiger partial charge on any atom is -0.480 e. The van der Waals surface area contributed by atoms with Gasteiger partial charge in [0.05, 0.1) is 24.5 Å². The summed E-state index contributed by atoms with van der Waals surface area (Å²) in [5.41, 5.74) is 0.444. The normalized spacial score (nSPS) is 25.7. The van der Waals surface area contributed by atoms with E-state index in [1.54, 1.807) is 18.3 Å². The summed E-state index contributed by atoms with van der Waals surface area (Å²) in [5, 5.41) is 2.73. The molecule has 0 saturated carbocycles. The van der Waals surface area contributed by atoms with Crippen LogP contribution in [-0.4, -0.2) is 61.3 Å². The maximum Gasteiger partial charge on any atom is 0.237 e. The number of pyridine rings is 1. The zero-order valence-electron chi connectivity index (χ0n) is 13.3. The Kier molecular flexibility index (Phi) is 4.44. The molecule has 3 heterocycles. The van der Waals surface area contributed by atoms with Gasteiger partial charge in [0, 0.05) is 25.2 Å². The molecule has 9 heteroatoms. The van der Waals surface area contributed by atoms with Crippen LogP contribution in [0, 0.1) is 5.92 Å². The summed E-state index contributed by atoms with van der Waals surface area (Å²) in [7, 11) is -1.61. The molecular weight excluding hydrogens is 334 g/mol. The van der Waals surface area contributed by atoms with Gasteiger partial charge in [0.1, 0.15) is 5.69 Å². The average molecular weight is 353 g/mol. The molecule has 2 aliphatic rings. The van der Waals surface area contributed by atoms with E-state index in [0.717, 1.165) is 0 Å². The second kappa shape index (κ2) is 6.39. The number of hydrogen-bond acceptors (Lipinski definition) is 6. The number of amides is 2. The highest BCUT2D eigenvalue weighted by atomic mass is 32.2. The van der Waals surface area contributed by atoms with Crippen molar-refractivity contribution in [2.75, 3.05) is 30.5 Å². The number of anilines is 1. The lowest BCUT2D eigenvalue weighted by Gasteiger charge is -2.23. The van der Waals surface area contributed by atoms with E-state index in [0.29, 0.717) is 18.0 Å². The maximum absolute atomic E-state index is 12.4. The van der Waals surface area contributed by atoms with Crippen LogP contribution in [0.4, 0.5) is 5.69 Å². The van der Waals surface area contributed by atoms with Crippen LogP contribution < -0.4 is 10.1 Å². The molecule has 130 valence electrons. The Hall–Kier alpha value is -2.16. The van der Waals surface area contributed by atoms with Crippen LogP contribution in [0.25, 0.3) is 0 Å². The third kappa shape index (κ3) is 3.35. The standard InChI is InChI=1S/C15H19N3O5S/c1-23-15-12(3-2-5-16-15)17-14(20)10-7-13(19)18(8-10)11-4-6-24(21,22)9-11/h2-3,5,10-11H,4,6-9H2,1H3,(H,17,20). The number of sulfone groups is 1. The summed E-state index contributed by atoms with van der Waals surface area (Å²) < 4.78 is 28.3. The van der Waals surface area contributed by atoms with Gasteiger partial charge in [-0.15, -0.1) is 0 Å². The number of ether oxygens (including phenoxy) is 1. The fourth-order valence-corrected chi connectivity index (χ4v) is 4.90. The van der Waals surface area contributed by atoms with Gasteiger partial charge in [-0.05, 0) is 18.6 Å². The summed E-state index contributed by atoms with van der Waals surface area (Å²) in [5.74, 6) is -0.581. The molecule has 24 heavy (non-hydrogen) atoms. The van der Waals surface area contributed by atoms with Crippen molar-refractivity contribution in [3.8, 4) is 5.88 Å². The fourth-order valence-electron chi connectivity index (χ4n) is 3.16. The number of carbonyl (C=O) groups excluding carboxylic acids is 2. The topological polar surface area (TPSA) is 106 Å². The molecule has 0 aliphatic carbocycles. The van der Waals surface area contributed by atoms with Crippen molar-refractivity contribution in [1.82, 2.24) is 9.88 Å². The number of hydrogen-bond donors (Lipinski definition) is 1. The molecule has 2 unspecified atom stereocenters. The highest BCUT2D eigenvalue weighted by Crippen LogP contribution is 2.28. The van der Waals surface area contributed by atoms with Crippen LogP contribution in [0.1, 0.15) is 12.8 Å². The molecule has 0 spiro atoms. The van der Waals surface area contributed by atoms with Gasteiger partial charge in [-0.3, -0.25) is 9.59 Å². The van der Waals surface area contributed by atoms with E-state index in [1.807, 2.05) is 0 Å². The van der Waals surface area contributed by atoms with E-state index >= 15 is 0 Å². The molecule has 2 aliphatic heterocycles. The number of nitrogens with zero attached hydrogens (tertiary/aromatic N) is 2. The van der Waals surface area contributed by atoms with Gasteiger partial charge >= 0.3 is 0 Å². The van der Waals surface area contributed by atoms with Crippen LogP contribution in [0.2, 0.25) is 0 Å². The van der Waals surface area contributed by atoms with Crippen molar-refractivity contribution in [1.29, 1.82) is 0 Å². The van der Waals surface area contributed by atoms with Gasteiger partial charge < -0.3 is 15.0 Å². The van der Waals surface area contributed by atoms with E-state index in [2.05, 4.69) is 10.3 Å². The quantitative estimate of drug-likeness (QED) is 0.821. The predicted octanol–water partition coefficient (Wildman–Crippen LogP) is 0.0643. The molecule has 1 aromatic rings. The molecule has 8 nitrogen and oxygen atoms in total. The highest BCUT2D eigenvalue weighted by Gasteiger charge is 2.42. The lowest BCUT2D eigenvalue weighted by atomic mass is 10.1. The van der Waals surface area contributed by atoms with Crippen molar-refractivity contribution >= 4 is 27.3 Å². The molecule has 2 fully saturated rings. The van der Waals surface area contributed by atoms with E-state index in [9.17, 15) is 18.0 Å². The first-order valence-corrected chi connectivity index (χ1v) is 9.51. The van der Waals surface area contributed by atoms with E-state index < -0.39 is 15.8 Å². The van der Waals surface area contributed by atoms with Gasteiger partial charge in [0.25, 0.3) is 0 Å². The second-order valence-corrected chi connectivity index (χ2v) is 8.28. The van der Waals surface area contributed by atoms with Gasteiger partial charge in [0.15, 0.2) is 9.84 Å². The Labute approximate surface area is 140 Å². The zero-order chi connectivity index (χ0) is 17.3. The molecule has 2 amide bonds. The van der Waals surface area contributed by atoms with E-state index in [1.165, 1.54) is 12.0 Å². The molecule has 0 aromatic carbocycles. The van der Waals surface area contributed by atoms with Crippen LogP contribution >= 0.6 is 0 Å². The molecule has 0 radical (unpaired) electrons. The smallest absolute Gasteiger partial charge is 0.237 e. The Morgan fingerprint density at radius 2 is 2.25 bits per heavy atom. The Bertz CT molecular complexity index is 764. The first-order valence-electron chi connectivity index (χ1n) is 7.69. The van der Waals surface area contributed by atoms with E-state index in [-0.39, 0.29) is 42.3 Å². The van der Waals surface area contributed by atoms with Crippen molar-refractivity contribution in [2.45, 2.75) is 18.9 Å². The van der Waals surface area contributed by atoms with E-state index in [4.69, 9.17) is 4.74 Å². The highest BCUT2D eigenvalue weighted by molar-refractivity contribution is 7.91. The summed E-state index contributed by atoms with van der Waals surface area (Å²) >= 11 is 0. The average Bonchev–Trinajstić information content (AvgIpc) is 3.10. The zero-order valence-corrected chi connectivity index (χ0v) is 14.1. The number of rotatable bonds is 4. The SMILES string of the molecule is COc1ncccc1NC(=O)C1CC(=O)N(C2CCS(=O)(=O)C2)C1. The molecule has 1 N–H and O–H groups in total. The summed E-state index contributed by atoms with van der Waals surface area (Å²) in [6.07, 6.45) is 2.08. The number of methoxy groups -OCH3 is 1. The molecule has 3 rings (SSSR count). The number of likely N-dealkylation sites (tertiary alicyclic amines) is 1. The first-order chi connectivity index (χ1) is 11.4. The van der Waals surface area contributed by atoms with Crippen molar-refractivity contribution < 1.29 is 22.7 Å². The molecule has 2 saturated heterocycles. The summed E-state index contributed by atoms with van der Waals surface area (Å²) in [4.78, 5) is 30.1. The minimum atomic E-state index is -3.07. The summed E-state index contributed by atoms with van der Waals surface area (Å²) in [6.45, 7) is 0.243. The molecule has 0 bridgehead atoms. The van der Waals surface area contributed by atoms with Crippen molar-refractivity contribution in [3.63, 3.8) is 0 Å². The number of aromatic nitrogens is 1. The van der Waals surface area contributed by atoms with Crippen LogP contribution in [0.15, 0.2) is 18.3 Å². The van der Waals surface area contributed by atoms with Gasteiger partial charge in [0.2, 0.25) is 17.7 Å². The van der Waals surface area contributed by atoms with Crippen molar-refractivity contribution in [3.05, 3.63) is 18.3 Å². The molecule has 1 aromatic heterocycles. The lowest BCUT2D eigenvalue weighted by molar-refractivity contribution is -0.129. The van der Waals surface area contributed by atoms with Crippen molar-refractivity contribution in [2.24, 2.45) is 5.92 Å². The second-order valence-electron chi connectivity index (χ2n) is 6.05. The number of carbonyl (C=O) groups is 2. The predicted molar refractivity (Wildman–Crippen MR) is 86.3 cm³/mol.